The van der Waals surface area contributed by atoms with E-state index in [0.29, 0.717) is 6.04 Å². The third kappa shape index (κ3) is 2.86. The molecule has 100 valence electrons. The number of likely N-dealkylation sites (N-methyl/N-ethyl adjacent to an activating group) is 1. The molecule has 2 rings (SSSR count). The Balaban J connectivity index is 2.19. The van der Waals surface area contributed by atoms with Crippen LogP contribution in [0.3, 0.4) is 0 Å². The molecule has 1 atom stereocenters. The Morgan fingerprint density at radius 1 is 1.17 bits per heavy atom. The summed E-state index contributed by atoms with van der Waals surface area (Å²) in [5.74, 6) is 0.779. The Kier molecular flexibility index (Phi) is 4.28. The van der Waals surface area contributed by atoms with Crippen LogP contribution in [0.4, 0.5) is 5.69 Å². The lowest BCUT2D eigenvalue weighted by Crippen LogP contribution is -2.43. The van der Waals surface area contributed by atoms with Gasteiger partial charge in [-0.2, -0.15) is 0 Å². The van der Waals surface area contributed by atoms with Crippen LogP contribution < -0.4 is 10.6 Å². The zero-order valence-electron chi connectivity index (χ0n) is 11.9. The predicted octanol–water partition coefficient (Wildman–Crippen LogP) is 3.26. The predicted molar refractivity (Wildman–Crippen MR) is 79.1 cm³/mol. The first-order valence-electron chi connectivity index (χ1n) is 7.13. The molecule has 1 unspecified atom stereocenters. The number of anilines is 1. The van der Waals surface area contributed by atoms with Crippen molar-refractivity contribution in [2.75, 3.05) is 18.5 Å². The van der Waals surface area contributed by atoms with E-state index in [1.807, 2.05) is 0 Å². The maximum Gasteiger partial charge on any atom is 0.0437 e. The summed E-state index contributed by atoms with van der Waals surface area (Å²) in [7, 11) is 2.20. The second kappa shape index (κ2) is 5.75. The van der Waals surface area contributed by atoms with Crippen molar-refractivity contribution < 1.29 is 0 Å². The quantitative estimate of drug-likeness (QED) is 0.883. The maximum absolute atomic E-state index is 6.03. The van der Waals surface area contributed by atoms with Gasteiger partial charge in [0.15, 0.2) is 0 Å². The number of benzene rings is 1. The summed E-state index contributed by atoms with van der Waals surface area (Å²) >= 11 is 0. The lowest BCUT2D eigenvalue weighted by molar-refractivity contribution is 0.422. The molecule has 1 aromatic carbocycles. The van der Waals surface area contributed by atoms with Crippen LogP contribution in [-0.2, 0) is 0 Å². The highest BCUT2D eigenvalue weighted by atomic mass is 15.1. The fourth-order valence-corrected chi connectivity index (χ4v) is 3.35. The molecule has 1 aromatic rings. The molecule has 2 heteroatoms. The van der Waals surface area contributed by atoms with Crippen molar-refractivity contribution in [1.82, 2.24) is 0 Å². The first-order valence-corrected chi connectivity index (χ1v) is 7.13. The van der Waals surface area contributed by atoms with Crippen LogP contribution in [0.15, 0.2) is 18.2 Å². The molecule has 1 aliphatic rings. The minimum Gasteiger partial charge on any atom is -0.370 e. The third-order valence-electron chi connectivity index (χ3n) is 4.30. The molecule has 0 heterocycles. The van der Waals surface area contributed by atoms with Gasteiger partial charge in [0, 0.05) is 25.3 Å². The van der Waals surface area contributed by atoms with Crippen molar-refractivity contribution in [3.8, 4) is 0 Å². The number of hydrogen-bond donors (Lipinski definition) is 1. The highest BCUT2D eigenvalue weighted by Gasteiger charge is 2.27. The molecule has 0 radical (unpaired) electrons. The topological polar surface area (TPSA) is 29.3 Å². The maximum atomic E-state index is 6.03. The fourth-order valence-electron chi connectivity index (χ4n) is 3.35. The molecule has 0 saturated heterocycles. The summed E-state index contributed by atoms with van der Waals surface area (Å²) in [6.45, 7) is 5.09. The highest BCUT2D eigenvalue weighted by Crippen LogP contribution is 2.31. The van der Waals surface area contributed by atoms with Crippen molar-refractivity contribution in [1.29, 1.82) is 0 Å². The molecular formula is C16H26N2. The molecule has 2 nitrogen and oxygen atoms in total. The summed E-state index contributed by atoms with van der Waals surface area (Å²) in [6.07, 6.45) is 5.44. The number of nitrogens with two attached hydrogens (primary N) is 1. The second-order valence-corrected chi connectivity index (χ2v) is 5.80. The van der Waals surface area contributed by atoms with E-state index in [0.717, 1.165) is 12.5 Å². The first-order chi connectivity index (χ1) is 8.61. The van der Waals surface area contributed by atoms with E-state index >= 15 is 0 Å². The average Bonchev–Trinajstić information content (AvgIpc) is 2.82. The molecule has 18 heavy (non-hydrogen) atoms. The van der Waals surface area contributed by atoms with Gasteiger partial charge in [0.1, 0.15) is 0 Å². The van der Waals surface area contributed by atoms with Crippen LogP contribution in [0.1, 0.15) is 36.8 Å². The van der Waals surface area contributed by atoms with Gasteiger partial charge in [-0.25, -0.2) is 0 Å². The molecule has 0 aliphatic heterocycles. The van der Waals surface area contributed by atoms with Gasteiger partial charge in [-0.3, -0.25) is 0 Å². The number of rotatable bonds is 4. The molecule has 1 fully saturated rings. The van der Waals surface area contributed by atoms with Crippen molar-refractivity contribution >= 4 is 5.69 Å². The second-order valence-electron chi connectivity index (χ2n) is 5.80. The standard InChI is InChI=1S/C16H26N2/c1-12-8-13(2)10-15(9-12)18(3)16(11-17)14-6-4-5-7-14/h8-10,14,16H,4-7,11,17H2,1-3H3. The minimum atomic E-state index is 0.494. The van der Waals surface area contributed by atoms with Crippen molar-refractivity contribution in [2.45, 2.75) is 45.6 Å². The van der Waals surface area contributed by atoms with Gasteiger partial charge >= 0.3 is 0 Å². The van der Waals surface area contributed by atoms with Gasteiger partial charge in [0.2, 0.25) is 0 Å². The monoisotopic (exact) mass is 246 g/mol. The normalized spacial score (nSPS) is 18.0. The molecule has 0 bridgehead atoms. The van der Waals surface area contributed by atoms with Crippen LogP contribution >= 0.6 is 0 Å². The van der Waals surface area contributed by atoms with Gasteiger partial charge in [0.25, 0.3) is 0 Å². The summed E-state index contributed by atoms with van der Waals surface area (Å²) in [4.78, 5) is 2.40. The zero-order valence-corrected chi connectivity index (χ0v) is 11.9. The van der Waals surface area contributed by atoms with E-state index in [2.05, 4.69) is 44.0 Å². The van der Waals surface area contributed by atoms with Crippen LogP contribution in [0.25, 0.3) is 0 Å². The van der Waals surface area contributed by atoms with E-state index in [1.54, 1.807) is 0 Å². The highest BCUT2D eigenvalue weighted by molar-refractivity contribution is 5.51. The van der Waals surface area contributed by atoms with E-state index in [1.165, 1.54) is 42.5 Å². The van der Waals surface area contributed by atoms with Gasteiger partial charge in [-0.1, -0.05) is 18.9 Å². The van der Waals surface area contributed by atoms with Crippen LogP contribution in [0.2, 0.25) is 0 Å². The molecule has 2 N–H and O–H groups in total. The summed E-state index contributed by atoms with van der Waals surface area (Å²) in [6, 6.07) is 7.26. The summed E-state index contributed by atoms with van der Waals surface area (Å²) in [5.41, 5.74) is 10.0. The van der Waals surface area contributed by atoms with Crippen LogP contribution in [0, 0.1) is 19.8 Å². The number of nitrogens with zero attached hydrogens (tertiary/aromatic N) is 1. The van der Waals surface area contributed by atoms with Crippen molar-refractivity contribution in [3.05, 3.63) is 29.3 Å². The minimum absolute atomic E-state index is 0.494. The Morgan fingerprint density at radius 3 is 2.22 bits per heavy atom. The lowest BCUT2D eigenvalue weighted by atomic mass is 9.96. The molecule has 1 saturated carbocycles. The SMILES string of the molecule is Cc1cc(C)cc(N(C)C(CN)C2CCCC2)c1. The third-order valence-corrected chi connectivity index (χ3v) is 4.30. The molecule has 1 aliphatic carbocycles. The van der Waals surface area contributed by atoms with Gasteiger partial charge in [-0.05, 0) is 55.9 Å². The smallest absolute Gasteiger partial charge is 0.0437 e. The lowest BCUT2D eigenvalue weighted by Gasteiger charge is -2.34. The van der Waals surface area contributed by atoms with Crippen LogP contribution in [-0.4, -0.2) is 19.6 Å². The molecule has 0 amide bonds. The van der Waals surface area contributed by atoms with E-state index in [9.17, 15) is 0 Å². The Labute approximate surface area is 111 Å². The van der Waals surface area contributed by atoms with Gasteiger partial charge in [-0.15, -0.1) is 0 Å². The Hall–Kier alpha value is -1.02. The van der Waals surface area contributed by atoms with E-state index in [-0.39, 0.29) is 0 Å². The fraction of sp³-hybridized carbons (Fsp3) is 0.625. The first kappa shape index (κ1) is 13.4. The molecule has 0 spiro atoms. The molecule has 0 aromatic heterocycles. The summed E-state index contributed by atoms with van der Waals surface area (Å²) < 4.78 is 0. The van der Waals surface area contributed by atoms with E-state index in [4.69, 9.17) is 5.73 Å². The largest absolute Gasteiger partial charge is 0.370 e. The molecular weight excluding hydrogens is 220 g/mol. The Morgan fingerprint density at radius 2 is 1.72 bits per heavy atom. The summed E-state index contributed by atoms with van der Waals surface area (Å²) in [5, 5.41) is 0. The van der Waals surface area contributed by atoms with Crippen LogP contribution in [0.5, 0.6) is 0 Å². The Bertz CT molecular complexity index is 374. The van der Waals surface area contributed by atoms with Crippen molar-refractivity contribution in [3.63, 3.8) is 0 Å². The van der Waals surface area contributed by atoms with Gasteiger partial charge in [0.05, 0.1) is 0 Å². The van der Waals surface area contributed by atoms with Gasteiger partial charge < -0.3 is 10.6 Å². The van der Waals surface area contributed by atoms with E-state index < -0.39 is 0 Å². The average molecular weight is 246 g/mol. The number of aryl methyl sites for hydroxylation is 2. The number of hydrogen-bond acceptors (Lipinski definition) is 2. The van der Waals surface area contributed by atoms with Crippen molar-refractivity contribution in [2.24, 2.45) is 11.7 Å². The zero-order chi connectivity index (χ0) is 13.1.